The topological polar surface area (TPSA) is 63.2 Å². The first kappa shape index (κ1) is 17.0. The fourth-order valence-electron chi connectivity index (χ4n) is 2.95. The number of amides is 1. The zero-order valence-corrected chi connectivity index (χ0v) is 14.0. The van der Waals surface area contributed by atoms with Crippen LogP contribution in [0.2, 0.25) is 0 Å². The predicted octanol–water partition coefficient (Wildman–Crippen LogP) is 2.40. The molecule has 22 heavy (non-hydrogen) atoms. The Bertz CT molecular complexity index is 604. The van der Waals surface area contributed by atoms with Crippen molar-refractivity contribution >= 4 is 15.7 Å². The number of aryl methyl sites for hydroxylation is 1. The maximum atomic E-state index is 12.1. The van der Waals surface area contributed by atoms with Crippen LogP contribution in [0.4, 0.5) is 0 Å². The lowest BCUT2D eigenvalue weighted by atomic mass is 10.1. The van der Waals surface area contributed by atoms with Crippen LogP contribution in [0, 0.1) is 6.92 Å². The van der Waals surface area contributed by atoms with Gasteiger partial charge in [-0.2, -0.15) is 0 Å². The first-order valence-electron chi connectivity index (χ1n) is 8.01. The molecule has 0 radical (unpaired) electrons. The van der Waals surface area contributed by atoms with Gasteiger partial charge in [0.25, 0.3) is 0 Å². The molecule has 0 bridgehead atoms. The van der Waals surface area contributed by atoms with Crippen molar-refractivity contribution in [1.82, 2.24) is 5.32 Å². The number of nitrogens with one attached hydrogen (secondary N) is 1. The van der Waals surface area contributed by atoms with Crippen molar-refractivity contribution in [3.05, 3.63) is 35.4 Å². The predicted molar refractivity (Wildman–Crippen MR) is 88.6 cm³/mol. The van der Waals surface area contributed by atoms with E-state index in [1.54, 1.807) is 0 Å². The van der Waals surface area contributed by atoms with Gasteiger partial charge in [-0.25, -0.2) is 8.42 Å². The summed E-state index contributed by atoms with van der Waals surface area (Å²) >= 11 is 0. The van der Waals surface area contributed by atoms with Crippen molar-refractivity contribution in [3.8, 4) is 0 Å². The highest BCUT2D eigenvalue weighted by Gasteiger charge is 2.28. The Labute approximate surface area is 133 Å². The lowest BCUT2D eigenvalue weighted by Crippen LogP contribution is -2.29. The number of hydrogen-bond donors (Lipinski definition) is 1. The van der Waals surface area contributed by atoms with Gasteiger partial charge in [0.05, 0.1) is 11.0 Å². The first-order chi connectivity index (χ1) is 10.5. The summed E-state index contributed by atoms with van der Waals surface area (Å²) in [7, 11) is -3.10. The molecule has 0 unspecified atom stereocenters. The van der Waals surface area contributed by atoms with Gasteiger partial charge in [0.2, 0.25) is 5.91 Å². The summed E-state index contributed by atoms with van der Waals surface area (Å²) in [4.78, 5) is 11.8. The van der Waals surface area contributed by atoms with Crippen LogP contribution < -0.4 is 5.32 Å². The van der Waals surface area contributed by atoms with Crippen LogP contribution >= 0.6 is 0 Å². The molecule has 0 spiro atoms. The molecule has 0 heterocycles. The summed E-state index contributed by atoms with van der Waals surface area (Å²) in [6, 6.07) is 8.16. The van der Waals surface area contributed by atoms with E-state index in [-0.39, 0.29) is 23.3 Å². The van der Waals surface area contributed by atoms with Crippen LogP contribution in [0.1, 0.15) is 43.2 Å². The van der Waals surface area contributed by atoms with E-state index >= 15 is 0 Å². The summed E-state index contributed by atoms with van der Waals surface area (Å²) < 4.78 is 24.2. The molecular weight excluding hydrogens is 298 g/mol. The minimum Gasteiger partial charge on any atom is -0.356 e. The third kappa shape index (κ3) is 5.13. The molecule has 1 fully saturated rings. The normalized spacial score (nSPS) is 15.9. The molecule has 0 aromatic heterocycles. The number of carbonyl (C=O) groups excluding carboxylic acids is 1. The number of rotatable bonds is 7. The van der Waals surface area contributed by atoms with Crippen molar-refractivity contribution in [1.29, 1.82) is 0 Å². The van der Waals surface area contributed by atoms with E-state index in [0.717, 1.165) is 32.1 Å². The Balaban J connectivity index is 1.69. The Morgan fingerprint density at radius 2 is 2.00 bits per heavy atom. The van der Waals surface area contributed by atoms with Gasteiger partial charge in [-0.1, -0.05) is 42.7 Å². The van der Waals surface area contributed by atoms with Gasteiger partial charge in [-0.15, -0.1) is 0 Å². The average molecular weight is 323 g/mol. The Kier molecular flexibility index (Phi) is 6.00. The fourth-order valence-corrected chi connectivity index (χ4v) is 4.81. The maximum absolute atomic E-state index is 12.1. The Morgan fingerprint density at radius 3 is 2.68 bits per heavy atom. The van der Waals surface area contributed by atoms with E-state index in [2.05, 4.69) is 11.4 Å². The number of sulfone groups is 1. The third-order valence-electron chi connectivity index (χ3n) is 4.24. The minimum atomic E-state index is -3.10. The van der Waals surface area contributed by atoms with Gasteiger partial charge in [0.15, 0.2) is 9.84 Å². The minimum absolute atomic E-state index is 0.0199. The van der Waals surface area contributed by atoms with Crippen molar-refractivity contribution in [2.75, 3.05) is 12.3 Å². The number of carbonyl (C=O) groups is 1. The zero-order valence-electron chi connectivity index (χ0n) is 13.2. The molecule has 1 aromatic rings. The molecule has 0 aliphatic heterocycles. The molecule has 2 rings (SSSR count). The lowest BCUT2D eigenvalue weighted by Gasteiger charge is -2.11. The van der Waals surface area contributed by atoms with Crippen LogP contribution in [-0.2, 0) is 21.1 Å². The monoisotopic (exact) mass is 323 g/mol. The molecule has 1 aromatic carbocycles. The number of hydrogen-bond acceptors (Lipinski definition) is 3. The molecule has 4 nitrogen and oxygen atoms in total. The van der Waals surface area contributed by atoms with Crippen molar-refractivity contribution < 1.29 is 13.2 Å². The van der Waals surface area contributed by atoms with Gasteiger partial charge in [-0.3, -0.25) is 4.79 Å². The Morgan fingerprint density at radius 1 is 1.27 bits per heavy atom. The maximum Gasteiger partial charge on any atom is 0.221 e. The van der Waals surface area contributed by atoms with Gasteiger partial charge >= 0.3 is 0 Å². The van der Waals surface area contributed by atoms with E-state index < -0.39 is 9.84 Å². The van der Waals surface area contributed by atoms with Gasteiger partial charge in [0, 0.05) is 13.0 Å². The SMILES string of the molecule is Cc1cccc(CCNC(=O)CCS(=O)(=O)C2CCCC2)c1. The van der Waals surface area contributed by atoms with Crippen LogP contribution in [-0.4, -0.2) is 31.9 Å². The highest BCUT2D eigenvalue weighted by atomic mass is 32.2. The van der Waals surface area contributed by atoms with E-state index in [1.807, 2.05) is 25.1 Å². The summed E-state index contributed by atoms with van der Waals surface area (Å²) in [6.07, 6.45) is 4.35. The second-order valence-electron chi connectivity index (χ2n) is 6.11. The summed E-state index contributed by atoms with van der Waals surface area (Å²) in [5.41, 5.74) is 2.38. The summed E-state index contributed by atoms with van der Waals surface area (Å²) in [5.74, 6) is -0.192. The molecule has 0 saturated heterocycles. The molecule has 1 aliphatic rings. The Hall–Kier alpha value is -1.36. The van der Waals surface area contributed by atoms with Crippen LogP contribution in [0.5, 0.6) is 0 Å². The van der Waals surface area contributed by atoms with E-state index in [1.165, 1.54) is 11.1 Å². The molecule has 5 heteroatoms. The molecular formula is C17H25NO3S. The summed E-state index contributed by atoms with van der Waals surface area (Å²) in [5, 5.41) is 2.60. The van der Waals surface area contributed by atoms with Gasteiger partial charge in [0.1, 0.15) is 0 Å². The highest BCUT2D eigenvalue weighted by molar-refractivity contribution is 7.92. The third-order valence-corrected chi connectivity index (χ3v) is 6.50. The smallest absolute Gasteiger partial charge is 0.221 e. The first-order valence-corrected chi connectivity index (χ1v) is 9.73. The van der Waals surface area contributed by atoms with E-state index in [9.17, 15) is 13.2 Å². The second kappa shape index (κ2) is 7.77. The van der Waals surface area contributed by atoms with Crippen molar-refractivity contribution in [3.63, 3.8) is 0 Å². The fraction of sp³-hybridized carbons (Fsp3) is 0.588. The largest absolute Gasteiger partial charge is 0.356 e. The lowest BCUT2D eigenvalue weighted by molar-refractivity contribution is -0.120. The van der Waals surface area contributed by atoms with Gasteiger partial charge < -0.3 is 5.32 Å². The average Bonchev–Trinajstić information content (AvgIpc) is 3.00. The summed E-state index contributed by atoms with van der Waals surface area (Å²) in [6.45, 7) is 2.59. The number of benzene rings is 1. The molecule has 0 atom stereocenters. The van der Waals surface area contributed by atoms with E-state index in [4.69, 9.17) is 0 Å². The quantitative estimate of drug-likeness (QED) is 0.838. The van der Waals surface area contributed by atoms with Crippen molar-refractivity contribution in [2.24, 2.45) is 0 Å². The zero-order chi connectivity index (χ0) is 16.0. The van der Waals surface area contributed by atoms with E-state index in [0.29, 0.717) is 6.54 Å². The van der Waals surface area contributed by atoms with Crippen LogP contribution in [0.25, 0.3) is 0 Å². The van der Waals surface area contributed by atoms with Gasteiger partial charge in [-0.05, 0) is 31.7 Å². The van der Waals surface area contributed by atoms with Crippen molar-refractivity contribution in [2.45, 2.75) is 50.7 Å². The second-order valence-corrected chi connectivity index (χ2v) is 8.51. The molecule has 1 amide bonds. The van der Waals surface area contributed by atoms with Crippen LogP contribution in [0.3, 0.4) is 0 Å². The standard InChI is InChI=1S/C17H25NO3S/c1-14-5-4-6-15(13-14)9-11-18-17(19)10-12-22(20,21)16-7-2-3-8-16/h4-6,13,16H,2-3,7-12H2,1H3,(H,18,19). The molecule has 1 aliphatic carbocycles. The highest BCUT2D eigenvalue weighted by Crippen LogP contribution is 2.25. The van der Waals surface area contributed by atoms with Crippen LogP contribution in [0.15, 0.2) is 24.3 Å². The molecule has 1 saturated carbocycles. The molecule has 1 N–H and O–H groups in total. The molecule has 122 valence electrons.